The second kappa shape index (κ2) is 33.9. The highest BCUT2D eigenvalue weighted by atomic mass is 32.1. The lowest BCUT2D eigenvalue weighted by molar-refractivity contribution is -0.140. The van der Waals surface area contributed by atoms with Gasteiger partial charge in [-0.25, -0.2) is 9.59 Å². The third-order valence-electron chi connectivity index (χ3n) is 11.8. The minimum atomic E-state index is -1.25. The number of likely N-dealkylation sites (N-methyl/N-ethyl adjacent to an activating group) is 2. The topological polar surface area (TPSA) is 311 Å². The molecule has 388 valence electrons. The fraction of sp³-hybridized carbons (Fsp3) is 0.674. The lowest BCUT2D eigenvalue weighted by Gasteiger charge is -2.36. The van der Waals surface area contributed by atoms with E-state index >= 15 is 0 Å². The van der Waals surface area contributed by atoms with Crippen molar-refractivity contribution in [3.05, 3.63) is 29.8 Å². The van der Waals surface area contributed by atoms with Gasteiger partial charge >= 0.3 is 35.9 Å². The zero-order chi connectivity index (χ0) is 51.1. The molecule has 1 fully saturated rings. The van der Waals surface area contributed by atoms with Crippen molar-refractivity contribution in [2.24, 2.45) is 5.92 Å². The van der Waals surface area contributed by atoms with Crippen molar-refractivity contribution in [2.45, 2.75) is 102 Å². The Kier molecular flexibility index (Phi) is 29.3. The number of thiocarbonyl (C=S) groups is 1. The number of hydrogen-bond donors (Lipinski definition) is 10. The normalized spacial score (nSPS) is 16.4. The average molecular weight is 994 g/mol. The molecular formula is C46H75N9O13S. The monoisotopic (exact) mass is 994 g/mol. The molecule has 69 heavy (non-hydrogen) atoms. The van der Waals surface area contributed by atoms with Crippen LogP contribution < -0.4 is 26.6 Å². The Morgan fingerprint density at radius 1 is 0.652 bits per heavy atom. The van der Waals surface area contributed by atoms with Crippen LogP contribution in [0.1, 0.15) is 89.5 Å². The number of nitrogens with one attached hydrogen (secondary N) is 5. The van der Waals surface area contributed by atoms with Crippen molar-refractivity contribution < 1.29 is 63.9 Å². The van der Waals surface area contributed by atoms with Gasteiger partial charge in [0.25, 0.3) is 0 Å². The third-order valence-corrected chi connectivity index (χ3v) is 12.1. The summed E-state index contributed by atoms with van der Waals surface area (Å²) in [4.78, 5) is 103. The molecule has 0 spiro atoms. The van der Waals surface area contributed by atoms with Crippen LogP contribution in [0.5, 0.6) is 0 Å². The maximum absolute atomic E-state index is 13.0. The molecule has 1 aliphatic heterocycles. The number of carbonyl (C=O) groups is 8. The molecule has 0 aliphatic carbocycles. The van der Waals surface area contributed by atoms with Gasteiger partial charge in [-0.15, -0.1) is 0 Å². The number of rotatable bonds is 31. The van der Waals surface area contributed by atoms with Gasteiger partial charge in [-0.3, -0.25) is 38.6 Å². The Morgan fingerprint density at radius 2 is 1.25 bits per heavy atom. The van der Waals surface area contributed by atoms with Crippen molar-refractivity contribution in [1.29, 1.82) is 0 Å². The van der Waals surface area contributed by atoms with Crippen LogP contribution in [0.25, 0.3) is 0 Å². The Labute approximate surface area is 409 Å². The zero-order valence-corrected chi connectivity index (χ0v) is 40.9. The van der Waals surface area contributed by atoms with E-state index in [2.05, 4.69) is 50.4 Å². The van der Waals surface area contributed by atoms with E-state index in [0.29, 0.717) is 76.4 Å². The number of carbonyl (C=O) groups excluding carboxylic acids is 3. The lowest BCUT2D eigenvalue weighted by Crippen LogP contribution is -2.51. The highest BCUT2D eigenvalue weighted by molar-refractivity contribution is 7.80. The maximum Gasteiger partial charge on any atom is 0.326 e. The lowest BCUT2D eigenvalue weighted by atomic mass is 9.94. The van der Waals surface area contributed by atoms with Gasteiger partial charge in [0.05, 0.1) is 13.1 Å². The van der Waals surface area contributed by atoms with Gasteiger partial charge < -0.3 is 61.9 Å². The highest BCUT2D eigenvalue weighted by Gasteiger charge is 2.25. The Hall–Kier alpha value is -5.49. The molecule has 3 atom stereocenters. The molecule has 1 heterocycles. The van der Waals surface area contributed by atoms with Crippen LogP contribution in [-0.4, -0.2) is 202 Å². The SMILES string of the molecule is CCN1CCN(CC(=O)O)CCN(CC(=O)O)CC(Cc2ccc(NC(=S)NCCCCCC(=O)C[C@@H](CCC(=O)O)C(=O)NCCCC[C@H](NC(=O)NCCCC(=O)O)C(=O)O)cc2)N(C)CC1. The molecule has 0 aromatic heterocycles. The van der Waals surface area contributed by atoms with Gasteiger partial charge in [-0.1, -0.05) is 25.5 Å². The van der Waals surface area contributed by atoms with Crippen molar-refractivity contribution in [1.82, 2.24) is 40.9 Å². The number of hydrogen-bond acceptors (Lipinski definition) is 13. The first kappa shape index (κ1) is 59.6. The van der Waals surface area contributed by atoms with Crippen LogP contribution in [-0.2, 0) is 40.0 Å². The summed E-state index contributed by atoms with van der Waals surface area (Å²) in [6, 6.07) is 5.96. The predicted octanol–water partition coefficient (Wildman–Crippen LogP) is 1.83. The van der Waals surface area contributed by atoms with Crippen LogP contribution in [0.3, 0.4) is 0 Å². The van der Waals surface area contributed by atoms with Crippen LogP contribution in [0.15, 0.2) is 24.3 Å². The fourth-order valence-electron chi connectivity index (χ4n) is 7.76. The summed E-state index contributed by atoms with van der Waals surface area (Å²) < 4.78 is 0. The number of nitrogens with zero attached hydrogens (tertiary/aromatic N) is 4. The summed E-state index contributed by atoms with van der Waals surface area (Å²) in [5.74, 6) is -6.65. The summed E-state index contributed by atoms with van der Waals surface area (Å²) >= 11 is 5.51. The number of Topliss-reactive ketones (excluding diaryl/α,β-unsaturated/α-hetero) is 1. The second-order valence-corrected chi connectivity index (χ2v) is 17.8. The summed E-state index contributed by atoms with van der Waals surface area (Å²) in [5, 5.41) is 60.8. The quantitative estimate of drug-likeness (QED) is 0.0375. The first-order valence-electron chi connectivity index (χ1n) is 23.8. The minimum Gasteiger partial charge on any atom is -0.481 e. The number of anilines is 1. The number of unbranched alkanes of at least 4 members (excludes halogenated alkanes) is 3. The van der Waals surface area contributed by atoms with Crippen molar-refractivity contribution in [3.63, 3.8) is 0 Å². The molecule has 22 nitrogen and oxygen atoms in total. The van der Waals surface area contributed by atoms with E-state index in [0.717, 1.165) is 37.4 Å². The molecule has 1 aromatic carbocycles. The van der Waals surface area contributed by atoms with Crippen LogP contribution >= 0.6 is 12.2 Å². The number of carboxylic acid groups (broad SMARTS) is 5. The Morgan fingerprint density at radius 3 is 1.88 bits per heavy atom. The van der Waals surface area contributed by atoms with Gasteiger partial charge in [-0.05, 0) is 94.9 Å². The predicted molar refractivity (Wildman–Crippen MR) is 261 cm³/mol. The fourth-order valence-corrected chi connectivity index (χ4v) is 7.98. The molecule has 1 aliphatic rings. The molecule has 0 radical (unpaired) electrons. The van der Waals surface area contributed by atoms with Gasteiger partial charge in [0, 0.05) is 109 Å². The molecule has 1 saturated heterocycles. The summed E-state index contributed by atoms with van der Waals surface area (Å²) in [6.45, 7) is 7.69. The van der Waals surface area contributed by atoms with Crippen LogP contribution in [0.2, 0.25) is 0 Å². The average Bonchev–Trinajstić information content (AvgIpc) is 3.28. The van der Waals surface area contributed by atoms with Gasteiger partial charge in [0.2, 0.25) is 5.91 Å². The third kappa shape index (κ3) is 27.9. The van der Waals surface area contributed by atoms with E-state index in [1.807, 2.05) is 34.1 Å². The summed E-state index contributed by atoms with van der Waals surface area (Å²) in [6.07, 6.45) is 3.29. The molecular weight excluding hydrogens is 919 g/mol. The molecule has 23 heteroatoms. The van der Waals surface area contributed by atoms with Gasteiger partial charge in [0.15, 0.2) is 5.11 Å². The largest absolute Gasteiger partial charge is 0.481 e. The number of carboxylic acids is 5. The van der Waals surface area contributed by atoms with Crippen molar-refractivity contribution in [3.8, 4) is 0 Å². The number of aliphatic carboxylic acids is 5. The standard InChI is InChI=1S/C46H75N9O13S/c1-3-53-23-22-52(2)36(30-55(32-42(63)64)27-26-54(25-24-53)31-41(61)62)28-33-13-16-35(17-14-33)50-46(69)49-20-7-4-5-10-37(56)29-34(15-18-40(59)60)43(65)47-19-8-6-11-38(44(66)67)51-45(68)48-21-9-12-39(57)58/h13-14,16-17,34,36,38H,3-12,15,18-32H2,1-2H3,(H,47,65)(H,57,58)(H,59,60)(H,61,62)(H,63,64)(H,66,67)(H2,48,51,68)(H2,49,50,69)/t34-,36?,38+/m1/s1. The molecule has 3 amide bonds. The zero-order valence-electron chi connectivity index (χ0n) is 40.1. The van der Waals surface area contributed by atoms with Crippen molar-refractivity contribution >= 4 is 70.6 Å². The maximum atomic E-state index is 13.0. The minimum absolute atomic E-state index is 0.0000107. The van der Waals surface area contributed by atoms with Gasteiger partial charge in [0.1, 0.15) is 11.8 Å². The van der Waals surface area contributed by atoms with E-state index in [1.165, 1.54) is 0 Å². The Balaban J connectivity index is 1.79. The van der Waals surface area contributed by atoms with Gasteiger partial charge in [-0.2, -0.15) is 0 Å². The molecule has 1 unspecified atom stereocenters. The first-order valence-corrected chi connectivity index (χ1v) is 24.2. The van der Waals surface area contributed by atoms with E-state index in [9.17, 15) is 58.8 Å². The molecule has 2 rings (SSSR count). The van der Waals surface area contributed by atoms with E-state index in [-0.39, 0.29) is 82.9 Å². The molecule has 0 saturated carbocycles. The second-order valence-electron chi connectivity index (χ2n) is 17.4. The highest BCUT2D eigenvalue weighted by Crippen LogP contribution is 2.17. The molecule has 10 N–H and O–H groups in total. The van der Waals surface area contributed by atoms with Crippen molar-refractivity contribution in [2.75, 3.05) is 97.4 Å². The number of amides is 3. The smallest absolute Gasteiger partial charge is 0.326 e. The van der Waals surface area contributed by atoms with E-state index < -0.39 is 53.7 Å². The summed E-state index contributed by atoms with van der Waals surface area (Å²) in [7, 11) is 2.06. The molecule has 1 aromatic rings. The Bertz CT molecular complexity index is 1810. The first-order chi connectivity index (χ1) is 32.8. The molecule has 0 bridgehead atoms. The van der Waals surface area contributed by atoms with E-state index in [1.54, 1.807) is 0 Å². The number of benzene rings is 1. The van der Waals surface area contributed by atoms with Crippen LogP contribution in [0.4, 0.5) is 10.5 Å². The van der Waals surface area contributed by atoms with E-state index in [4.69, 9.17) is 17.3 Å². The number of ketones is 1. The summed E-state index contributed by atoms with van der Waals surface area (Å²) in [5.41, 5.74) is 1.85. The van der Waals surface area contributed by atoms with Crippen LogP contribution in [0, 0.1) is 5.92 Å². The number of urea groups is 1.